The molecule has 1 heterocycles. The van der Waals surface area contributed by atoms with Crippen molar-refractivity contribution in [3.63, 3.8) is 0 Å². The molecule has 1 aromatic rings. The number of hydrogen-bond acceptors (Lipinski definition) is 2. The summed E-state index contributed by atoms with van der Waals surface area (Å²) in [4.78, 5) is 0. The van der Waals surface area contributed by atoms with E-state index in [0.717, 1.165) is 37.1 Å². The minimum atomic E-state index is -1.31. The predicted octanol–water partition coefficient (Wildman–Crippen LogP) is 3.02. The zero-order valence-corrected chi connectivity index (χ0v) is 10.5. The lowest BCUT2D eigenvalue weighted by Crippen LogP contribution is -2.46. The molecule has 0 radical (unpaired) electrons. The highest BCUT2D eigenvalue weighted by Gasteiger charge is 2.36. The van der Waals surface area contributed by atoms with Gasteiger partial charge >= 0.3 is 0 Å². The van der Waals surface area contributed by atoms with Crippen molar-refractivity contribution in [1.82, 2.24) is 5.32 Å². The van der Waals surface area contributed by atoms with Gasteiger partial charge in [-0.1, -0.05) is 18.6 Å². The van der Waals surface area contributed by atoms with E-state index >= 15 is 0 Å². The highest BCUT2D eigenvalue weighted by Crippen LogP contribution is 2.34. The highest BCUT2D eigenvalue weighted by molar-refractivity contribution is 5.31. The number of ether oxygens (including phenoxy) is 1. The molecule has 0 spiro atoms. The van der Waals surface area contributed by atoms with Gasteiger partial charge in [0.25, 0.3) is 0 Å². The van der Waals surface area contributed by atoms with Gasteiger partial charge in [0.2, 0.25) is 0 Å². The summed E-state index contributed by atoms with van der Waals surface area (Å²) in [5, 5.41) is 3.28. The molecule has 3 heteroatoms. The molecule has 1 fully saturated rings. The Hall–Kier alpha value is -1.09. The summed E-state index contributed by atoms with van der Waals surface area (Å²) in [6, 6.07) is 7.18. The van der Waals surface area contributed by atoms with Crippen LogP contribution in [-0.4, -0.2) is 19.7 Å². The van der Waals surface area contributed by atoms with Crippen molar-refractivity contribution in [1.29, 1.82) is 0 Å². The van der Waals surface area contributed by atoms with Crippen molar-refractivity contribution in [2.75, 3.05) is 13.7 Å². The van der Waals surface area contributed by atoms with Gasteiger partial charge < -0.3 is 10.1 Å². The Morgan fingerprint density at radius 2 is 2.00 bits per heavy atom. The largest absolute Gasteiger partial charge is 0.497 e. The Balaban J connectivity index is 2.17. The van der Waals surface area contributed by atoms with E-state index < -0.39 is 5.67 Å². The predicted molar refractivity (Wildman–Crippen MR) is 67.1 cm³/mol. The van der Waals surface area contributed by atoms with Gasteiger partial charge in [-0.2, -0.15) is 0 Å². The van der Waals surface area contributed by atoms with E-state index in [1.807, 2.05) is 24.3 Å². The first kappa shape index (κ1) is 12.4. The average molecular weight is 237 g/mol. The topological polar surface area (TPSA) is 21.3 Å². The number of piperidine rings is 1. The van der Waals surface area contributed by atoms with Crippen molar-refractivity contribution in [3.05, 3.63) is 29.8 Å². The Morgan fingerprint density at radius 1 is 1.29 bits per heavy atom. The second kappa shape index (κ2) is 5.05. The minimum absolute atomic E-state index is 0.0790. The number of methoxy groups -OCH3 is 1. The third-order valence-electron chi connectivity index (χ3n) is 3.62. The van der Waals surface area contributed by atoms with E-state index in [-0.39, 0.29) is 6.04 Å². The molecule has 1 aliphatic heterocycles. The van der Waals surface area contributed by atoms with E-state index in [1.54, 1.807) is 14.0 Å². The third-order valence-corrected chi connectivity index (χ3v) is 3.62. The second-order valence-corrected chi connectivity index (χ2v) is 4.81. The van der Waals surface area contributed by atoms with Crippen LogP contribution in [0.2, 0.25) is 0 Å². The highest BCUT2D eigenvalue weighted by atomic mass is 19.1. The standard InChI is InChI=1S/C14H20FNO/c1-14(15,13-5-3-4-10-16-13)11-6-8-12(17-2)9-7-11/h6-9,13,16H,3-5,10H2,1-2H3. The van der Waals surface area contributed by atoms with Crippen molar-refractivity contribution >= 4 is 0 Å². The maximum Gasteiger partial charge on any atom is 0.148 e. The second-order valence-electron chi connectivity index (χ2n) is 4.81. The number of rotatable bonds is 3. The molecule has 0 aromatic heterocycles. The van der Waals surface area contributed by atoms with Crippen LogP contribution in [0, 0.1) is 0 Å². The smallest absolute Gasteiger partial charge is 0.148 e. The Kier molecular flexibility index (Phi) is 3.67. The van der Waals surface area contributed by atoms with Gasteiger partial charge in [0.15, 0.2) is 0 Å². The Labute approximate surface area is 102 Å². The van der Waals surface area contributed by atoms with Crippen LogP contribution < -0.4 is 10.1 Å². The first-order valence-corrected chi connectivity index (χ1v) is 6.21. The van der Waals surface area contributed by atoms with Crippen molar-refractivity contribution in [2.45, 2.75) is 37.9 Å². The van der Waals surface area contributed by atoms with Gasteiger partial charge in [-0.05, 0) is 44.0 Å². The van der Waals surface area contributed by atoms with Crippen LogP contribution in [0.1, 0.15) is 31.7 Å². The van der Waals surface area contributed by atoms with Crippen LogP contribution >= 0.6 is 0 Å². The molecular weight excluding hydrogens is 217 g/mol. The third kappa shape index (κ3) is 2.60. The lowest BCUT2D eigenvalue weighted by atomic mass is 9.85. The van der Waals surface area contributed by atoms with Crippen LogP contribution in [0.25, 0.3) is 0 Å². The summed E-state index contributed by atoms with van der Waals surface area (Å²) in [7, 11) is 1.62. The van der Waals surface area contributed by atoms with Gasteiger partial charge in [-0.3, -0.25) is 0 Å². The molecule has 2 unspecified atom stereocenters. The molecule has 1 aromatic carbocycles. The Morgan fingerprint density at radius 3 is 2.53 bits per heavy atom. The molecule has 2 atom stereocenters. The van der Waals surface area contributed by atoms with Gasteiger partial charge in [0.05, 0.1) is 7.11 Å². The van der Waals surface area contributed by atoms with Gasteiger partial charge in [0.1, 0.15) is 11.4 Å². The lowest BCUT2D eigenvalue weighted by Gasteiger charge is -2.34. The number of nitrogens with one attached hydrogen (secondary N) is 1. The molecule has 1 aliphatic rings. The molecule has 1 saturated heterocycles. The number of halogens is 1. The van der Waals surface area contributed by atoms with E-state index in [1.165, 1.54) is 0 Å². The summed E-state index contributed by atoms with van der Waals surface area (Å²) >= 11 is 0. The maximum absolute atomic E-state index is 14.8. The first-order chi connectivity index (χ1) is 8.14. The van der Waals surface area contributed by atoms with Crippen LogP contribution in [0.5, 0.6) is 5.75 Å². The molecule has 0 amide bonds. The van der Waals surface area contributed by atoms with Crippen LogP contribution in [-0.2, 0) is 5.67 Å². The van der Waals surface area contributed by atoms with Gasteiger partial charge in [0, 0.05) is 6.04 Å². The Bertz CT molecular complexity index is 355. The summed E-state index contributed by atoms with van der Waals surface area (Å²) in [5.41, 5.74) is -0.593. The fraction of sp³-hybridized carbons (Fsp3) is 0.571. The molecule has 0 bridgehead atoms. The molecule has 0 saturated carbocycles. The van der Waals surface area contributed by atoms with E-state index in [0.29, 0.717) is 0 Å². The van der Waals surface area contributed by atoms with E-state index in [9.17, 15) is 4.39 Å². The van der Waals surface area contributed by atoms with Crippen LogP contribution in [0.15, 0.2) is 24.3 Å². The number of alkyl halides is 1. The lowest BCUT2D eigenvalue weighted by molar-refractivity contribution is 0.107. The van der Waals surface area contributed by atoms with Crippen LogP contribution in [0.4, 0.5) is 4.39 Å². The molecule has 2 nitrogen and oxygen atoms in total. The summed E-state index contributed by atoms with van der Waals surface area (Å²) in [6.45, 7) is 2.58. The first-order valence-electron chi connectivity index (χ1n) is 6.21. The van der Waals surface area contributed by atoms with Crippen LogP contribution in [0.3, 0.4) is 0 Å². The molecule has 1 N–H and O–H groups in total. The summed E-state index contributed by atoms with van der Waals surface area (Å²) < 4.78 is 19.9. The SMILES string of the molecule is COc1ccc(C(C)(F)C2CCCCN2)cc1. The summed E-state index contributed by atoms with van der Waals surface area (Å²) in [5.74, 6) is 0.765. The van der Waals surface area contributed by atoms with E-state index in [2.05, 4.69) is 5.32 Å². The number of benzene rings is 1. The molecule has 2 rings (SSSR count). The maximum atomic E-state index is 14.8. The van der Waals surface area contributed by atoms with Crippen molar-refractivity contribution < 1.29 is 9.13 Å². The zero-order valence-electron chi connectivity index (χ0n) is 10.5. The molecule has 0 aliphatic carbocycles. The fourth-order valence-electron chi connectivity index (χ4n) is 2.43. The normalized spacial score (nSPS) is 24.1. The molecule has 17 heavy (non-hydrogen) atoms. The minimum Gasteiger partial charge on any atom is -0.497 e. The number of hydrogen-bond donors (Lipinski definition) is 1. The molecule has 94 valence electrons. The van der Waals surface area contributed by atoms with E-state index in [4.69, 9.17) is 4.74 Å². The fourth-order valence-corrected chi connectivity index (χ4v) is 2.43. The zero-order chi connectivity index (χ0) is 12.3. The quantitative estimate of drug-likeness (QED) is 0.872. The van der Waals surface area contributed by atoms with Crippen molar-refractivity contribution in [3.8, 4) is 5.75 Å². The van der Waals surface area contributed by atoms with Gasteiger partial charge in [-0.25, -0.2) is 4.39 Å². The van der Waals surface area contributed by atoms with Crippen molar-refractivity contribution in [2.24, 2.45) is 0 Å². The average Bonchev–Trinajstić information content (AvgIpc) is 2.40. The monoisotopic (exact) mass is 237 g/mol. The summed E-state index contributed by atoms with van der Waals surface area (Å²) in [6.07, 6.45) is 3.15. The molecular formula is C14H20FNO. The van der Waals surface area contributed by atoms with Gasteiger partial charge in [-0.15, -0.1) is 0 Å².